The average Bonchev–Trinajstić information content (AvgIpc) is 2.13. The highest BCUT2D eigenvalue weighted by Gasteiger charge is 2.19. The van der Waals surface area contributed by atoms with Crippen molar-refractivity contribution in [1.82, 2.24) is 0 Å². The maximum atomic E-state index is 12.9. The van der Waals surface area contributed by atoms with E-state index in [4.69, 9.17) is 5.73 Å². The molecule has 0 heterocycles. The Bertz CT molecular complexity index is 361. The van der Waals surface area contributed by atoms with E-state index in [-0.39, 0.29) is 5.82 Å². The summed E-state index contributed by atoms with van der Waals surface area (Å²) < 4.78 is 12.9. The number of halogens is 1. The summed E-state index contributed by atoms with van der Waals surface area (Å²) in [6.07, 6.45) is 0. The summed E-state index contributed by atoms with van der Waals surface area (Å²) in [5.41, 5.74) is 6.09. The van der Waals surface area contributed by atoms with E-state index in [9.17, 15) is 9.50 Å². The quantitative estimate of drug-likeness (QED) is 0.772. The van der Waals surface area contributed by atoms with Gasteiger partial charge in [-0.2, -0.15) is 0 Å². The summed E-state index contributed by atoms with van der Waals surface area (Å²) in [7, 11) is 0. The maximum absolute atomic E-state index is 12.9. The summed E-state index contributed by atoms with van der Waals surface area (Å²) in [6.45, 7) is 6.60. The van der Waals surface area contributed by atoms with Gasteiger partial charge in [0.05, 0.1) is 17.0 Å². The second-order valence-corrected chi connectivity index (χ2v) is 4.53. The first-order valence-electron chi connectivity index (χ1n) is 5.36. The van der Waals surface area contributed by atoms with Crippen molar-refractivity contribution in [1.29, 1.82) is 0 Å². The smallest absolute Gasteiger partial charge is 0.125 e. The SMILES string of the molecule is CCN(CC(C)(C)O)c1ccc(F)cc1N. The number of nitrogens with zero attached hydrogens (tertiary/aromatic N) is 1. The lowest BCUT2D eigenvalue weighted by Gasteiger charge is -2.30. The Balaban J connectivity index is 2.95. The zero-order valence-electron chi connectivity index (χ0n) is 10.00. The molecule has 0 aliphatic rings. The van der Waals surface area contributed by atoms with Crippen LogP contribution in [0.2, 0.25) is 0 Å². The lowest BCUT2D eigenvalue weighted by atomic mass is 10.1. The zero-order valence-corrected chi connectivity index (χ0v) is 10.00. The van der Waals surface area contributed by atoms with Crippen molar-refractivity contribution in [3.8, 4) is 0 Å². The first kappa shape index (κ1) is 12.8. The number of likely N-dealkylation sites (N-methyl/N-ethyl adjacent to an activating group) is 1. The second-order valence-electron chi connectivity index (χ2n) is 4.53. The third-order valence-corrected chi connectivity index (χ3v) is 2.29. The Labute approximate surface area is 95.7 Å². The van der Waals surface area contributed by atoms with Crippen molar-refractivity contribution < 1.29 is 9.50 Å². The molecule has 0 unspecified atom stereocenters. The van der Waals surface area contributed by atoms with Gasteiger partial charge in [-0.3, -0.25) is 0 Å². The number of rotatable bonds is 4. The summed E-state index contributed by atoms with van der Waals surface area (Å²) in [4.78, 5) is 1.93. The summed E-state index contributed by atoms with van der Waals surface area (Å²) in [5, 5.41) is 9.77. The van der Waals surface area contributed by atoms with Gasteiger partial charge < -0.3 is 15.7 Å². The van der Waals surface area contributed by atoms with Gasteiger partial charge in [-0.25, -0.2) is 4.39 Å². The van der Waals surface area contributed by atoms with Crippen LogP contribution in [0.25, 0.3) is 0 Å². The predicted molar refractivity (Wildman–Crippen MR) is 65.0 cm³/mol. The number of nitrogens with two attached hydrogens (primary N) is 1. The topological polar surface area (TPSA) is 49.5 Å². The van der Waals surface area contributed by atoms with Gasteiger partial charge in [0, 0.05) is 13.1 Å². The fourth-order valence-electron chi connectivity index (χ4n) is 1.65. The number of benzene rings is 1. The van der Waals surface area contributed by atoms with E-state index in [1.807, 2.05) is 11.8 Å². The molecule has 3 N–H and O–H groups in total. The summed E-state index contributed by atoms with van der Waals surface area (Å²) in [6, 6.07) is 4.31. The van der Waals surface area contributed by atoms with Crippen molar-refractivity contribution in [2.45, 2.75) is 26.4 Å². The van der Waals surface area contributed by atoms with Crippen LogP contribution >= 0.6 is 0 Å². The number of hydrogen-bond acceptors (Lipinski definition) is 3. The van der Waals surface area contributed by atoms with Crippen molar-refractivity contribution in [2.75, 3.05) is 23.7 Å². The molecular formula is C12H19FN2O. The molecule has 1 aromatic rings. The lowest BCUT2D eigenvalue weighted by Crippen LogP contribution is -2.38. The Morgan fingerprint density at radius 1 is 1.44 bits per heavy atom. The van der Waals surface area contributed by atoms with Crippen LogP contribution in [0.1, 0.15) is 20.8 Å². The average molecular weight is 226 g/mol. The molecule has 0 spiro atoms. The molecule has 0 radical (unpaired) electrons. The van der Waals surface area contributed by atoms with Crippen molar-refractivity contribution in [3.05, 3.63) is 24.0 Å². The molecule has 0 aliphatic carbocycles. The molecule has 0 aromatic heterocycles. The van der Waals surface area contributed by atoms with Crippen LogP contribution in [0, 0.1) is 5.82 Å². The fourth-order valence-corrected chi connectivity index (χ4v) is 1.65. The minimum atomic E-state index is -0.809. The molecule has 4 heteroatoms. The monoisotopic (exact) mass is 226 g/mol. The number of hydrogen-bond donors (Lipinski definition) is 2. The minimum Gasteiger partial charge on any atom is -0.397 e. The van der Waals surface area contributed by atoms with Crippen LogP contribution in [0.4, 0.5) is 15.8 Å². The van der Waals surface area contributed by atoms with Gasteiger partial charge in [0.15, 0.2) is 0 Å². The van der Waals surface area contributed by atoms with Crippen LogP contribution < -0.4 is 10.6 Å². The normalized spacial score (nSPS) is 11.6. The number of aliphatic hydroxyl groups is 1. The largest absolute Gasteiger partial charge is 0.397 e. The van der Waals surface area contributed by atoms with Crippen molar-refractivity contribution in [2.24, 2.45) is 0 Å². The first-order chi connectivity index (χ1) is 7.33. The van der Waals surface area contributed by atoms with E-state index >= 15 is 0 Å². The van der Waals surface area contributed by atoms with E-state index in [1.54, 1.807) is 19.9 Å². The van der Waals surface area contributed by atoms with Gasteiger partial charge in [0.1, 0.15) is 5.82 Å². The number of anilines is 2. The fraction of sp³-hybridized carbons (Fsp3) is 0.500. The Morgan fingerprint density at radius 3 is 2.50 bits per heavy atom. The van der Waals surface area contributed by atoms with Gasteiger partial charge in [-0.05, 0) is 39.0 Å². The summed E-state index contributed by atoms with van der Waals surface area (Å²) >= 11 is 0. The standard InChI is InChI=1S/C12H19FN2O/c1-4-15(8-12(2,3)16)11-6-5-9(13)7-10(11)14/h5-7,16H,4,8,14H2,1-3H3. The molecule has 0 aliphatic heterocycles. The molecule has 1 aromatic carbocycles. The second kappa shape index (κ2) is 4.70. The zero-order chi connectivity index (χ0) is 12.3. The van der Waals surface area contributed by atoms with E-state index in [0.717, 1.165) is 5.69 Å². The molecule has 0 bridgehead atoms. The van der Waals surface area contributed by atoms with E-state index < -0.39 is 5.60 Å². The lowest BCUT2D eigenvalue weighted by molar-refractivity contribution is 0.0876. The van der Waals surface area contributed by atoms with Crippen LogP contribution in [0.5, 0.6) is 0 Å². The van der Waals surface area contributed by atoms with E-state index in [1.165, 1.54) is 12.1 Å². The molecule has 3 nitrogen and oxygen atoms in total. The molecule has 0 saturated heterocycles. The molecule has 90 valence electrons. The Kier molecular flexibility index (Phi) is 3.75. The van der Waals surface area contributed by atoms with Gasteiger partial charge >= 0.3 is 0 Å². The Hall–Kier alpha value is -1.29. The molecule has 0 fully saturated rings. The van der Waals surface area contributed by atoms with Gasteiger partial charge in [0.2, 0.25) is 0 Å². The molecule has 0 amide bonds. The predicted octanol–water partition coefficient (Wildman–Crippen LogP) is 2.01. The third kappa shape index (κ3) is 3.38. The van der Waals surface area contributed by atoms with Crippen molar-refractivity contribution in [3.63, 3.8) is 0 Å². The summed E-state index contributed by atoms with van der Waals surface area (Å²) in [5.74, 6) is -0.347. The highest BCUT2D eigenvalue weighted by atomic mass is 19.1. The van der Waals surface area contributed by atoms with Crippen LogP contribution in [0.3, 0.4) is 0 Å². The first-order valence-corrected chi connectivity index (χ1v) is 5.36. The van der Waals surface area contributed by atoms with Crippen LogP contribution in [-0.4, -0.2) is 23.8 Å². The van der Waals surface area contributed by atoms with Gasteiger partial charge in [-0.1, -0.05) is 0 Å². The Morgan fingerprint density at radius 2 is 2.06 bits per heavy atom. The molecule has 0 atom stereocenters. The van der Waals surface area contributed by atoms with E-state index in [2.05, 4.69) is 0 Å². The van der Waals surface area contributed by atoms with Gasteiger partial charge in [0.25, 0.3) is 0 Å². The van der Waals surface area contributed by atoms with E-state index in [0.29, 0.717) is 18.8 Å². The highest BCUT2D eigenvalue weighted by molar-refractivity contribution is 5.67. The van der Waals surface area contributed by atoms with Crippen molar-refractivity contribution >= 4 is 11.4 Å². The molecule has 16 heavy (non-hydrogen) atoms. The minimum absolute atomic E-state index is 0.347. The van der Waals surface area contributed by atoms with Crippen LogP contribution in [-0.2, 0) is 0 Å². The third-order valence-electron chi connectivity index (χ3n) is 2.29. The molecule has 0 saturated carbocycles. The molecular weight excluding hydrogens is 207 g/mol. The maximum Gasteiger partial charge on any atom is 0.125 e. The number of nitrogen functional groups attached to an aromatic ring is 1. The van der Waals surface area contributed by atoms with Gasteiger partial charge in [-0.15, -0.1) is 0 Å². The van der Waals surface area contributed by atoms with Crippen LogP contribution in [0.15, 0.2) is 18.2 Å². The highest BCUT2D eigenvalue weighted by Crippen LogP contribution is 2.25. The molecule has 1 rings (SSSR count).